The maximum atomic E-state index is 13.8. The number of nitrogens with one attached hydrogen (secondary N) is 1. The van der Waals surface area contributed by atoms with Gasteiger partial charge in [0.25, 0.3) is 0 Å². The van der Waals surface area contributed by atoms with Gasteiger partial charge in [0.2, 0.25) is 0 Å². The van der Waals surface area contributed by atoms with Crippen molar-refractivity contribution in [3.8, 4) is 0 Å². The van der Waals surface area contributed by atoms with Crippen LogP contribution in [0.5, 0.6) is 0 Å². The van der Waals surface area contributed by atoms with Gasteiger partial charge in [0.15, 0.2) is 0 Å². The van der Waals surface area contributed by atoms with Gasteiger partial charge in [0.1, 0.15) is 11.6 Å². The molecule has 1 aromatic carbocycles. The van der Waals surface area contributed by atoms with Gasteiger partial charge < -0.3 is 10.1 Å². The lowest BCUT2D eigenvalue weighted by Gasteiger charge is -2.31. The van der Waals surface area contributed by atoms with Crippen molar-refractivity contribution in [2.45, 2.75) is 38.3 Å². The molecule has 2 rings (SSSR count). The fraction of sp³-hybridized carbons (Fsp3) is 0.571. The highest BCUT2D eigenvalue weighted by molar-refractivity contribution is 5.24. The van der Waals surface area contributed by atoms with E-state index >= 15 is 0 Å². The minimum absolute atomic E-state index is 0.103. The monoisotopic (exact) mass is 255 g/mol. The second-order valence-corrected chi connectivity index (χ2v) is 4.58. The maximum absolute atomic E-state index is 13.8. The van der Waals surface area contributed by atoms with Crippen molar-refractivity contribution in [1.82, 2.24) is 5.32 Å². The molecule has 0 aromatic heterocycles. The molecule has 0 aliphatic carbocycles. The van der Waals surface area contributed by atoms with Crippen LogP contribution in [0.1, 0.15) is 37.8 Å². The molecule has 1 aromatic rings. The normalized spacial score (nSPS) is 21.8. The quantitative estimate of drug-likeness (QED) is 0.892. The van der Waals surface area contributed by atoms with Gasteiger partial charge in [-0.1, -0.05) is 13.0 Å². The van der Waals surface area contributed by atoms with E-state index < -0.39 is 17.7 Å². The van der Waals surface area contributed by atoms with Crippen LogP contribution in [0.2, 0.25) is 0 Å². The van der Waals surface area contributed by atoms with Crippen LogP contribution in [0.3, 0.4) is 0 Å². The van der Waals surface area contributed by atoms with Crippen molar-refractivity contribution in [3.05, 3.63) is 35.4 Å². The van der Waals surface area contributed by atoms with E-state index in [4.69, 9.17) is 4.74 Å². The van der Waals surface area contributed by atoms with E-state index in [1.54, 1.807) is 0 Å². The summed E-state index contributed by atoms with van der Waals surface area (Å²) in [5, 5.41) is 3.15. The van der Waals surface area contributed by atoms with Crippen LogP contribution in [0.4, 0.5) is 8.78 Å². The predicted octanol–water partition coefficient (Wildman–Crippen LogP) is 3.18. The average molecular weight is 255 g/mol. The van der Waals surface area contributed by atoms with E-state index in [-0.39, 0.29) is 11.7 Å². The Bertz CT molecular complexity index is 371. The Morgan fingerprint density at radius 2 is 2.06 bits per heavy atom. The zero-order valence-electron chi connectivity index (χ0n) is 10.6. The summed E-state index contributed by atoms with van der Waals surface area (Å²) >= 11 is 0. The van der Waals surface area contributed by atoms with Gasteiger partial charge in [-0.3, -0.25) is 0 Å². The molecule has 2 unspecified atom stereocenters. The third kappa shape index (κ3) is 2.87. The van der Waals surface area contributed by atoms with Gasteiger partial charge in [-0.05, 0) is 37.9 Å². The van der Waals surface area contributed by atoms with Gasteiger partial charge in [-0.2, -0.15) is 0 Å². The van der Waals surface area contributed by atoms with Crippen LogP contribution >= 0.6 is 0 Å². The fourth-order valence-corrected chi connectivity index (χ4v) is 2.48. The number of benzene rings is 1. The maximum Gasteiger partial charge on any atom is 0.131 e. The van der Waals surface area contributed by atoms with Gasteiger partial charge in [0, 0.05) is 12.2 Å². The van der Waals surface area contributed by atoms with E-state index in [0.29, 0.717) is 13.2 Å². The first-order valence-electron chi connectivity index (χ1n) is 6.53. The molecule has 1 aliphatic heterocycles. The number of halogens is 2. The smallest absolute Gasteiger partial charge is 0.131 e. The van der Waals surface area contributed by atoms with E-state index in [9.17, 15) is 8.78 Å². The Labute approximate surface area is 106 Å². The highest BCUT2D eigenvalue weighted by Crippen LogP contribution is 2.29. The summed E-state index contributed by atoms with van der Waals surface area (Å²) in [6.45, 7) is 3.25. The van der Waals surface area contributed by atoms with Crippen LogP contribution in [0.15, 0.2) is 18.2 Å². The molecule has 18 heavy (non-hydrogen) atoms. The molecule has 0 radical (unpaired) electrons. The summed E-state index contributed by atoms with van der Waals surface area (Å²) < 4.78 is 33.3. The highest BCUT2D eigenvalue weighted by atomic mass is 19.1. The molecule has 1 saturated heterocycles. The zero-order chi connectivity index (χ0) is 13.0. The minimum Gasteiger partial charge on any atom is -0.376 e. The number of likely N-dealkylation sites (N-methyl/N-ethyl adjacent to an activating group) is 1. The second-order valence-electron chi connectivity index (χ2n) is 4.58. The van der Waals surface area contributed by atoms with Crippen LogP contribution in [0.25, 0.3) is 0 Å². The number of hydrogen-bond donors (Lipinski definition) is 1. The van der Waals surface area contributed by atoms with Crippen LogP contribution in [-0.2, 0) is 4.74 Å². The summed E-state index contributed by atoms with van der Waals surface area (Å²) in [4.78, 5) is 0. The largest absolute Gasteiger partial charge is 0.376 e. The van der Waals surface area contributed by atoms with Crippen molar-refractivity contribution >= 4 is 0 Å². The summed E-state index contributed by atoms with van der Waals surface area (Å²) in [5.41, 5.74) is 0.103. The van der Waals surface area contributed by atoms with Crippen LogP contribution in [0, 0.1) is 11.6 Å². The molecule has 1 N–H and O–H groups in total. The molecule has 100 valence electrons. The lowest BCUT2D eigenvalue weighted by molar-refractivity contribution is -0.00932. The average Bonchev–Trinajstić information content (AvgIpc) is 2.38. The third-order valence-electron chi connectivity index (χ3n) is 3.32. The SMILES string of the molecule is CCNC(c1c(F)cccc1F)C1CCCCO1. The van der Waals surface area contributed by atoms with E-state index in [0.717, 1.165) is 19.3 Å². The molecular weight excluding hydrogens is 236 g/mol. The lowest BCUT2D eigenvalue weighted by Crippen LogP contribution is -2.37. The van der Waals surface area contributed by atoms with Gasteiger partial charge in [-0.25, -0.2) is 8.78 Å². The Hall–Kier alpha value is -1.00. The Morgan fingerprint density at radius 3 is 2.61 bits per heavy atom. The van der Waals surface area contributed by atoms with Crippen molar-refractivity contribution in [2.75, 3.05) is 13.2 Å². The Balaban J connectivity index is 2.28. The first-order chi connectivity index (χ1) is 8.74. The molecule has 1 fully saturated rings. The first kappa shape index (κ1) is 13.4. The first-order valence-corrected chi connectivity index (χ1v) is 6.53. The zero-order valence-corrected chi connectivity index (χ0v) is 10.6. The molecule has 0 amide bonds. The van der Waals surface area contributed by atoms with Gasteiger partial charge in [-0.15, -0.1) is 0 Å². The molecule has 4 heteroatoms. The van der Waals surface area contributed by atoms with Gasteiger partial charge >= 0.3 is 0 Å². The molecular formula is C14H19F2NO. The Kier molecular flexibility index (Phi) is 4.66. The molecule has 1 aliphatic rings. The van der Waals surface area contributed by atoms with E-state index in [2.05, 4.69) is 5.32 Å². The molecule has 2 nitrogen and oxygen atoms in total. The summed E-state index contributed by atoms with van der Waals surface area (Å²) in [6.07, 6.45) is 2.76. The molecule has 2 atom stereocenters. The lowest BCUT2D eigenvalue weighted by atomic mass is 9.95. The summed E-state index contributed by atoms with van der Waals surface area (Å²) in [7, 11) is 0. The molecule has 0 saturated carbocycles. The number of ether oxygens (including phenoxy) is 1. The molecule has 0 spiro atoms. The standard InChI is InChI=1S/C14H19F2NO/c1-2-17-14(12-8-3-4-9-18-12)13-10(15)6-5-7-11(13)16/h5-7,12,14,17H,2-4,8-9H2,1H3. The van der Waals surface area contributed by atoms with Crippen molar-refractivity contribution in [2.24, 2.45) is 0 Å². The molecule has 0 bridgehead atoms. The second kappa shape index (κ2) is 6.25. The van der Waals surface area contributed by atoms with Crippen LogP contribution < -0.4 is 5.32 Å². The van der Waals surface area contributed by atoms with E-state index in [1.165, 1.54) is 18.2 Å². The highest BCUT2D eigenvalue weighted by Gasteiger charge is 2.29. The van der Waals surface area contributed by atoms with Crippen molar-refractivity contribution in [1.29, 1.82) is 0 Å². The topological polar surface area (TPSA) is 21.3 Å². The van der Waals surface area contributed by atoms with E-state index in [1.807, 2.05) is 6.92 Å². The number of hydrogen-bond acceptors (Lipinski definition) is 2. The van der Waals surface area contributed by atoms with Crippen LogP contribution in [-0.4, -0.2) is 19.3 Å². The molecule has 1 heterocycles. The predicted molar refractivity (Wildman–Crippen MR) is 66.4 cm³/mol. The third-order valence-corrected chi connectivity index (χ3v) is 3.32. The fourth-order valence-electron chi connectivity index (χ4n) is 2.48. The summed E-state index contributed by atoms with van der Waals surface area (Å²) in [5.74, 6) is -1.01. The number of rotatable bonds is 4. The summed E-state index contributed by atoms with van der Waals surface area (Å²) in [6, 6.07) is 3.58. The minimum atomic E-state index is -0.505. The Morgan fingerprint density at radius 1 is 1.33 bits per heavy atom. The van der Waals surface area contributed by atoms with Crippen molar-refractivity contribution in [3.63, 3.8) is 0 Å². The van der Waals surface area contributed by atoms with Crippen molar-refractivity contribution < 1.29 is 13.5 Å². The van der Waals surface area contributed by atoms with Gasteiger partial charge in [0.05, 0.1) is 12.1 Å².